The Hall–Kier alpha value is -0.990. The Morgan fingerprint density at radius 2 is 2.06 bits per heavy atom. The second kappa shape index (κ2) is 4.48. The lowest BCUT2D eigenvalue weighted by molar-refractivity contribution is 0.283. The highest BCUT2D eigenvalue weighted by Crippen LogP contribution is 2.32. The summed E-state index contributed by atoms with van der Waals surface area (Å²) in [4.78, 5) is 0. The van der Waals surface area contributed by atoms with Crippen LogP contribution in [0.1, 0.15) is 25.0 Å². The SMILES string of the molecule is CCc1cccc2c(CO)c(Cl)n(CC)c12. The highest BCUT2D eigenvalue weighted by Gasteiger charge is 2.15. The molecule has 0 radical (unpaired) electrons. The molecule has 0 aliphatic rings. The minimum atomic E-state index is -0.00446. The second-order valence-electron chi connectivity index (χ2n) is 3.84. The number of para-hydroxylation sites is 1. The Balaban J connectivity index is 2.88. The highest BCUT2D eigenvalue weighted by molar-refractivity contribution is 6.32. The van der Waals surface area contributed by atoms with Gasteiger partial charge in [-0.05, 0) is 18.9 Å². The molecule has 1 aromatic heterocycles. The van der Waals surface area contributed by atoms with Gasteiger partial charge in [0, 0.05) is 17.5 Å². The summed E-state index contributed by atoms with van der Waals surface area (Å²) in [6.07, 6.45) is 0.975. The number of aryl methyl sites for hydroxylation is 2. The molecule has 1 heterocycles. The van der Waals surface area contributed by atoms with Crippen LogP contribution in [0.5, 0.6) is 0 Å². The maximum atomic E-state index is 9.39. The van der Waals surface area contributed by atoms with Crippen LogP contribution >= 0.6 is 11.6 Å². The van der Waals surface area contributed by atoms with E-state index in [0.717, 1.165) is 23.9 Å². The molecule has 0 aliphatic heterocycles. The summed E-state index contributed by atoms with van der Waals surface area (Å²) in [5.41, 5.74) is 3.29. The van der Waals surface area contributed by atoms with Crippen LogP contribution in [-0.2, 0) is 19.6 Å². The van der Waals surface area contributed by atoms with Crippen LogP contribution in [0.25, 0.3) is 10.9 Å². The lowest BCUT2D eigenvalue weighted by Gasteiger charge is -2.06. The Morgan fingerprint density at radius 3 is 2.62 bits per heavy atom. The van der Waals surface area contributed by atoms with Crippen molar-refractivity contribution in [2.45, 2.75) is 33.4 Å². The predicted octanol–water partition coefficient (Wildman–Crippen LogP) is 3.37. The van der Waals surface area contributed by atoms with E-state index in [9.17, 15) is 5.11 Å². The highest BCUT2D eigenvalue weighted by atomic mass is 35.5. The summed E-state index contributed by atoms with van der Waals surface area (Å²) in [5.74, 6) is 0. The van der Waals surface area contributed by atoms with E-state index in [-0.39, 0.29) is 6.61 Å². The first kappa shape index (κ1) is 11.5. The van der Waals surface area contributed by atoms with Gasteiger partial charge in [0.15, 0.2) is 0 Å². The first-order chi connectivity index (χ1) is 7.74. The normalized spacial score (nSPS) is 11.2. The van der Waals surface area contributed by atoms with Crippen molar-refractivity contribution in [1.29, 1.82) is 0 Å². The third-order valence-electron chi connectivity index (χ3n) is 3.06. The lowest BCUT2D eigenvalue weighted by atomic mass is 10.1. The van der Waals surface area contributed by atoms with E-state index >= 15 is 0 Å². The number of aliphatic hydroxyl groups excluding tert-OH is 1. The minimum Gasteiger partial charge on any atom is -0.392 e. The van der Waals surface area contributed by atoms with Crippen molar-refractivity contribution in [2.75, 3.05) is 0 Å². The number of hydrogen-bond acceptors (Lipinski definition) is 1. The number of rotatable bonds is 3. The van der Waals surface area contributed by atoms with E-state index in [1.165, 1.54) is 11.1 Å². The third-order valence-corrected chi connectivity index (χ3v) is 3.49. The van der Waals surface area contributed by atoms with Crippen LogP contribution in [0.2, 0.25) is 5.15 Å². The molecule has 0 bridgehead atoms. The molecule has 2 aromatic rings. The van der Waals surface area contributed by atoms with Gasteiger partial charge < -0.3 is 9.67 Å². The van der Waals surface area contributed by atoms with Gasteiger partial charge in [0.05, 0.1) is 12.1 Å². The van der Waals surface area contributed by atoms with Crippen LogP contribution in [0.4, 0.5) is 0 Å². The summed E-state index contributed by atoms with van der Waals surface area (Å²) in [6.45, 7) is 5.02. The zero-order valence-corrected chi connectivity index (χ0v) is 10.4. The summed E-state index contributed by atoms with van der Waals surface area (Å²) in [7, 11) is 0. The largest absolute Gasteiger partial charge is 0.392 e. The van der Waals surface area contributed by atoms with E-state index in [4.69, 9.17) is 11.6 Å². The maximum absolute atomic E-state index is 9.39. The quantitative estimate of drug-likeness (QED) is 0.870. The molecule has 0 unspecified atom stereocenters. The number of benzene rings is 1. The number of aromatic nitrogens is 1. The number of fused-ring (bicyclic) bond motifs is 1. The van der Waals surface area contributed by atoms with Crippen LogP contribution in [0.15, 0.2) is 18.2 Å². The van der Waals surface area contributed by atoms with Crippen molar-refractivity contribution < 1.29 is 5.11 Å². The van der Waals surface area contributed by atoms with Gasteiger partial charge in [-0.15, -0.1) is 0 Å². The standard InChI is InChI=1S/C13H16ClNO/c1-3-9-6-5-7-10-11(8-16)13(14)15(4-2)12(9)10/h5-7,16H,3-4,8H2,1-2H3. The molecule has 2 rings (SSSR count). The van der Waals surface area contributed by atoms with Crippen LogP contribution in [0.3, 0.4) is 0 Å². The molecular weight excluding hydrogens is 222 g/mol. The fourth-order valence-corrected chi connectivity index (χ4v) is 2.62. The molecule has 86 valence electrons. The summed E-state index contributed by atoms with van der Waals surface area (Å²) >= 11 is 6.28. The predicted molar refractivity (Wildman–Crippen MR) is 67.9 cm³/mol. The molecule has 2 nitrogen and oxygen atoms in total. The monoisotopic (exact) mass is 237 g/mol. The van der Waals surface area contributed by atoms with Gasteiger partial charge in [0.1, 0.15) is 5.15 Å². The van der Waals surface area contributed by atoms with Crippen molar-refractivity contribution >= 4 is 22.5 Å². The molecule has 0 aliphatic carbocycles. The zero-order valence-electron chi connectivity index (χ0n) is 9.63. The van der Waals surface area contributed by atoms with E-state index in [1.54, 1.807) is 0 Å². The van der Waals surface area contributed by atoms with E-state index < -0.39 is 0 Å². The van der Waals surface area contributed by atoms with Gasteiger partial charge in [-0.3, -0.25) is 0 Å². The lowest BCUT2D eigenvalue weighted by Crippen LogP contribution is -1.96. The van der Waals surface area contributed by atoms with Gasteiger partial charge in [-0.1, -0.05) is 36.7 Å². The van der Waals surface area contributed by atoms with Gasteiger partial charge in [-0.2, -0.15) is 0 Å². The van der Waals surface area contributed by atoms with Crippen LogP contribution in [-0.4, -0.2) is 9.67 Å². The second-order valence-corrected chi connectivity index (χ2v) is 4.20. The van der Waals surface area contributed by atoms with Crippen LogP contribution < -0.4 is 0 Å². The number of aliphatic hydroxyl groups is 1. The van der Waals surface area contributed by atoms with E-state index in [1.807, 2.05) is 12.1 Å². The van der Waals surface area contributed by atoms with Crippen molar-refractivity contribution in [2.24, 2.45) is 0 Å². The third kappa shape index (κ3) is 1.53. The Labute approximate surface area is 100 Å². The Bertz CT molecular complexity index is 516. The first-order valence-electron chi connectivity index (χ1n) is 5.63. The topological polar surface area (TPSA) is 25.2 Å². The fourth-order valence-electron chi connectivity index (χ4n) is 2.26. The molecule has 0 saturated heterocycles. The van der Waals surface area contributed by atoms with E-state index in [2.05, 4.69) is 24.5 Å². The van der Waals surface area contributed by atoms with Crippen LogP contribution in [0, 0.1) is 0 Å². The minimum absolute atomic E-state index is 0.00446. The van der Waals surface area contributed by atoms with Gasteiger partial charge in [0.25, 0.3) is 0 Å². The maximum Gasteiger partial charge on any atom is 0.115 e. The number of nitrogens with zero attached hydrogens (tertiary/aromatic N) is 1. The molecule has 16 heavy (non-hydrogen) atoms. The fraction of sp³-hybridized carbons (Fsp3) is 0.385. The Morgan fingerprint density at radius 1 is 1.31 bits per heavy atom. The average molecular weight is 238 g/mol. The molecule has 0 amide bonds. The number of hydrogen-bond donors (Lipinski definition) is 1. The van der Waals surface area contributed by atoms with Crippen molar-refractivity contribution in [3.63, 3.8) is 0 Å². The summed E-state index contributed by atoms with van der Waals surface area (Å²) in [5, 5.41) is 11.1. The van der Waals surface area contributed by atoms with Crippen molar-refractivity contribution in [1.82, 2.24) is 4.57 Å². The Kier molecular flexibility index (Phi) is 3.22. The van der Waals surface area contributed by atoms with E-state index in [0.29, 0.717) is 5.15 Å². The average Bonchev–Trinajstić information content (AvgIpc) is 2.59. The smallest absolute Gasteiger partial charge is 0.115 e. The molecular formula is C13H16ClNO. The molecule has 0 fully saturated rings. The van der Waals surface area contributed by atoms with Gasteiger partial charge in [-0.25, -0.2) is 0 Å². The van der Waals surface area contributed by atoms with Gasteiger partial charge >= 0.3 is 0 Å². The summed E-state index contributed by atoms with van der Waals surface area (Å²) in [6, 6.07) is 6.17. The number of halogens is 1. The van der Waals surface area contributed by atoms with Crippen molar-refractivity contribution in [3.05, 3.63) is 34.5 Å². The van der Waals surface area contributed by atoms with Gasteiger partial charge in [0.2, 0.25) is 0 Å². The first-order valence-corrected chi connectivity index (χ1v) is 6.01. The molecule has 0 spiro atoms. The molecule has 1 N–H and O–H groups in total. The summed E-state index contributed by atoms with van der Waals surface area (Å²) < 4.78 is 2.07. The zero-order chi connectivity index (χ0) is 11.7. The molecule has 3 heteroatoms. The molecule has 0 saturated carbocycles. The molecule has 0 atom stereocenters. The molecule has 1 aromatic carbocycles. The van der Waals surface area contributed by atoms with Crippen molar-refractivity contribution in [3.8, 4) is 0 Å².